The van der Waals surface area contributed by atoms with E-state index in [9.17, 15) is 5.11 Å². The third-order valence-electron chi connectivity index (χ3n) is 2.94. The Morgan fingerprint density at radius 3 is 2.55 bits per heavy atom. The minimum absolute atomic E-state index is 0.534. The van der Waals surface area contributed by atoms with Crippen LogP contribution in [0.15, 0.2) is 46.9 Å². The van der Waals surface area contributed by atoms with Crippen LogP contribution in [0.1, 0.15) is 30.6 Å². The van der Waals surface area contributed by atoms with Gasteiger partial charge in [0.15, 0.2) is 0 Å². The van der Waals surface area contributed by atoms with Gasteiger partial charge in [-0.05, 0) is 46.1 Å². The van der Waals surface area contributed by atoms with Gasteiger partial charge < -0.3 is 9.84 Å². The molecule has 4 heteroatoms. The van der Waals surface area contributed by atoms with E-state index in [4.69, 9.17) is 16.3 Å². The highest BCUT2D eigenvalue weighted by molar-refractivity contribution is 9.10. The SMILES string of the molecule is CCCOc1ccc(C(O)c2cccc(Br)c2Cl)cc1. The molecule has 0 fully saturated rings. The van der Waals surface area contributed by atoms with Crippen LogP contribution in [0.4, 0.5) is 0 Å². The fraction of sp³-hybridized carbons (Fsp3) is 0.250. The van der Waals surface area contributed by atoms with Crippen molar-refractivity contribution in [1.82, 2.24) is 0 Å². The average Bonchev–Trinajstić information content (AvgIpc) is 2.48. The van der Waals surface area contributed by atoms with E-state index in [0.29, 0.717) is 17.2 Å². The maximum atomic E-state index is 10.4. The molecule has 0 radical (unpaired) electrons. The zero-order valence-corrected chi connectivity index (χ0v) is 13.5. The van der Waals surface area contributed by atoms with Gasteiger partial charge in [0, 0.05) is 10.0 Å². The molecule has 2 rings (SSSR count). The number of ether oxygens (including phenoxy) is 1. The first-order valence-electron chi connectivity index (χ1n) is 6.48. The number of hydrogen-bond acceptors (Lipinski definition) is 2. The van der Waals surface area contributed by atoms with E-state index in [0.717, 1.165) is 22.2 Å². The minimum Gasteiger partial charge on any atom is -0.494 e. The Labute approximate surface area is 132 Å². The number of hydrogen-bond donors (Lipinski definition) is 1. The molecule has 1 unspecified atom stereocenters. The molecule has 0 amide bonds. The van der Waals surface area contributed by atoms with Crippen LogP contribution in [0.2, 0.25) is 5.02 Å². The van der Waals surface area contributed by atoms with E-state index in [1.165, 1.54) is 0 Å². The van der Waals surface area contributed by atoms with Gasteiger partial charge in [-0.3, -0.25) is 0 Å². The first kappa shape index (κ1) is 15.4. The smallest absolute Gasteiger partial charge is 0.119 e. The van der Waals surface area contributed by atoms with Crippen molar-refractivity contribution in [2.75, 3.05) is 6.61 Å². The minimum atomic E-state index is -0.750. The van der Waals surface area contributed by atoms with Crippen molar-refractivity contribution in [2.24, 2.45) is 0 Å². The van der Waals surface area contributed by atoms with Crippen LogP contribution in [-0.4, -0.2) is 11.7 Å². The van der Waals surface area contributed by atoms with Crippen LogP contribution in [0.3, 0.4) is 0 Å². The molecule has 2 aromatic carbocycles. The molecule has 0 aromatic heterocycles. The monoisotopic (exact) mass is 354 g/mol. The van der Waals surface area contributed by atoms with Gasteiger partial charge in [-0.15, -0.1) is 0 Å². The highest BCUT2D eigenvalue weighted by Crippen LogP contribution is 2.33. The normalized spacial score (nSPS) is 12.2. The highest BCUT2D eigenvalue weighted by atomic mass is 79.9. The van der Waals surface area contributed by atoms with E-state index < -0.39 is 6.10 Å². The molecule has 20 heavy (non-hydrogen) atoms. The van der Waals surface area contributed by atoms with Gasteiger partial charge in [-0.2, -0.15) is 0 Å². The van der Waals surface area contributed by atoms with Gasteiger partial charge in [0.2, 0.25) is 0 Å². The van der Waals surface area contributed by atoms with Crippen LogP contribution in [0.25, 0.3) is 0 Å². The second-order valence-corrected chi connectivity index (χ2v) is 5.70. The average molecular weight is 356 g/mol. The Bertz CT molecular complexity index is 569. The van der Waals surface area contributed by atoms with Crippen LogP contribution in [0.5, 0.6) is 5.75 Å². The lowest BCUT2D eigenvalue weighted by Crippen LogP contribution is -2.01. The van der Waals surface area contributed by atoms with Crippen molar-refractivity contribution in [3.63, 3.8) is 0 Å². The molecular weight excluding hydrogens is 340 g/mol. The van der Waals surface area contributed by atoms with Gasteiger partial charge in [0.1, 0.15) is 11.9 Å². The molecule has 0 spiro atoms. The summed E-state index contributed by atoms with van der Waals surface area (Å²) in [4.78, 5) is 0. The Morgan fingerprint density at radius 1 is 1.20 bits per heavy atom. The lowest BCUT2D eigenvalue weighted by molar-refractivity contribution is 0.220. The summed E-state index contributed by atoms with van der Waals surface area (Å²) in [7, 11) is 0. The first-order chi connectivity index (χ1) is 9.63. The van der Waals surface area contributed by atoms with Crippen LogP contribution >= 0.6 is 27.5 Å². The first-order valence-corrected chi connectivity index (χ1v) is 7.65. The van der Waals surface area contributed by atoms with E-state index in [2.05, 4.69) is 22.9 Å². The second-order valence-electron chi connectivity index (χ2n) is 4.46. The summed E-state index contributed by atoms with van der Waals surface area (Å²) < 4.78 is 6.30. The molecule has 2 aromatic rings. The molecule has 0 heterocycles. The fourth-order valence-corrected chi connectivity index (χ4v) is 2.49. The lowest BCUT2D eigenvalue weighted by Gasteiger charge is -2.14. The fourth-order valence-electron chi connectivity index (χ4n) is 1.88. The lowest BCUT2D eigenvalue weighted by atomic mass is 10.0. The number of aliphatic hydroxyl groups is 1. The summed E-state index contributed by atoms with van der Waals surface area (Å²) in [5, 5.41) is 11.0. The quantitative estimate of drug-likeness (QED) is 0.820. The third kappa shape index (κ3) is 3.54. The largest absolute Gasteiger partial charge is 0.494 e. The topological polar surface area (TPSA) is 29.5 Å². The molecule has 0 aliphatic carbocycles. The number of benzene rings is 2. The van der Waals surface area contributed by atoms with Gasteiger partial charge in [-0.25, -0.2) is 0 Å². The van der Waals surface area contributed by atoms with Crippen molar-refractivity contribution >= 4 is 27.5 Å². The van der Waals surface area contributed by atoms with Gasteiger partial charge in [-0.1, -0.05) is 42.8 Å². The number of halogens is 2. The Morgan fingerprint density at radius 2 is 1.90 bits per heavy atom. The summed E-state index contributed by atoms with van der Waals surface area (Å²) in [6.45, 7) is 2.76. The van der Waals surface area contributed by atoms with Crippen molar-refractivity contribution in [3.8, 4) is 5.75 Å². The van der Waals surface area contributed by atoms with E-state index in [1.807, 2.05) is 42.5 Å². The molecule has 0 saturated carbocycles. The molecular formula is C16H16BrClO2. The summed E-state index contributed by atoms with van der Waals surface area (Å²) in [5.74, 6) is 0.808. The molecule has 106 valence electrons. The van der Waals surface area contributed by atoms with Gasteiger partial charge in [0.25, 0.3) is 0 Å². The summed E-state index contributed by atoms with van der Waals surface area (Å²) in [6.07, 6.45) is 0.220. The maximum absolute atomic E-state index is 10.4. The van der Waals surface area contributed by atoms with Crippen molar-refractivity contribution in [2.45, 2.75) is 19.4 Å². The summed E-state index contributed by atoms with van der Waals surface area (Å²) >= 11 is 9.57. The molecule has 2 nitrogen and oxygen atoms in total. The molecule has 0 saturated heterocycles. The highest BCUT2D eigenvalue weighted by Gasteiger charge is 2.15. The van der Waals surface area contributed by atoms with Gasteiger partial charge in [0.05, 0.1) is 11.6 Å². The third-order valence-corrected chi connectivity index (χ3v) is 4.26. The number of aliphatic hydroxyl groups excluding tert-OH is 1. The number of rotatable bonds is 5. The van der Waals surface area contributed by atoms with E-state index >= 15 is 0 Å². The predicted octanol–water partition coefficient (Wildman–Crippen LogP) is 4.97. The van der Waals surface area contributed by atoms with Crippen molar-refractivity contribution in [3.05, 3.63) is 63.1 Å². The van der Waals surface area contributed by atoms with Crippen LogP contribution < -0.4 is 4.74 Å². The Balaban J connectivity index is 2.20. The molecule has 0 aliphatic heterocycles. The Hall–Kier alpha value is -1.03. The molecule has 0 aliphatic rings. The summed E-state index contributed by atoms with van der Waals surface area (Å²) in [6, 6.07) is 13.0. The van der Waals surface area contributed by atoms with Crippen LogP contribution in [0, 0.1) is 0 Å². The summed E-state index contributed by atoms with van der Waals surface area (Å²) in [5.41, 5.74) is 1.47. The van der Waals surface area contributed by atoms with Crippen LogP contribution in [-0.2, 0) is 0 Å². The molecule has 0 bridgehead atoms. The zero-order valence-electron chi connectivity index (χ0n) is 11.1. The molecule has 1 atom stereocenters. The van der Waals surface area contributed by atoms with Crippen molar-refractivity contribution < 1.29 is 9.84 Å². The van der Waals surface area contributed by atoms with E-state index in [-0.39, 0.29) is 0 Å². The predicted molar refractivity (Wildman–Crippen MR) is 85.4 cm³/mol. The van der Waals surface area contributed by atoms with Crippen molar-refractivity contribution in [1.29, 1.82) is 0 Å². The second kappa shape index (κ2) is 7.11. The zero-order chi connectivity index (χ0) is 14.5. The Kier molecular flexibility index (Phi) is 5.46. The van der Waals surface area contributed by atoms with Gasteiger partial charge >= 0.3 is 0 Å². The standard InChI is InChI=1S/C16H16BrClO2/c1-2-10-20-12-8-6-11(7-9-12)16(19)13-4-3-5-14(17)15(13)18/h3-9,16,19H,2,10H2,1H3. The van der Waals surface area contributed by atoms with E-state index in [1.54, 1.807) is 0 Å². The molecule has 1 N–H and O–H groups in total. The maximum Gasteiger partial charge on any atom is 0.119 e.